The third-order valence-electron chi connectivity index (χ3n) is 4.86. The van der Waals surface area contributed by atoms with Gasteiger partial charge in [-0.2, -0.15) is 14.3 Å². The quantitative estimate of drug-likeness (QED) is 0.453. The van der Waals surface area contributed by atoms with Crippen LogP contribution in [0.2, 0.25) is 0 Å². The number of nitrogens with zero attached hydrogens (tertiary/aromatic N) is 3. The summed E-state index contributed by atoms with van der Waals surface area (Å²) >= 11 is 0. The first-order valence-electron chi connectivity index (χ1n) is 9.76. The molecule has 1 aliphatic heterocycles. The minimum absolute atomic E-state index is 0.158. The largest absolute Gasteiger partial charge is 0.495 e. The summed E-state index contributed by atoms with van der Waals surface area (Å²) < 4.78 is 38.0. The lowest BCUT2D eigenvalue weighted by Gasteiger charge is -2.26. The van der Waals surface area contributed by atoms with Crippen LogP contribution in [0.4, 0.5) is 17.5 Å². The summed E-state index contributed by atoms with van der Waals surface area (Å²) in [5.74, 6) is 1.35. The number of fused-ring (bicyclic) bond motifs is 1. The van der Waals surface area contributed by atoms with Crippen LogP contribution >= 0.6 is 0 Å². The average Bonchev–Trinajstić information content (AvgIpc) is 3.27. The number of hydrogen-bond donors (Lipinski definition) is 3. The molecule has 3 aromatic rings. The number of methoxy groups -OCH3 is 1. The predicted octanol–water partition coefficient (Wildman–Crippen LogP) is 2.33. The molecule has 0 atom stereocenters. The van der Waals surface area contributed by atoms with Gasteiger partial charge in [0.1, 0.15) is 17.2 Å². The first-order valence-corrected chi connectivity index (χ1v) is 11.2. The van der Waals surface area contributed by atoms with E-state index in [9.17, 15) is 8.42 Å². The minimum Gasteiger partial charge on any atom is -0.495 e. The van der Waals surface area contributed by atoms with Gasteiger partial charge < -0.3 is 25.1 Å². The lowest BCUT2D eigenvalue weighted by molar-refractivity contribution is 0.0730. The van der Waals surface area contributed by atoms with E-state index in [1.807, 2.05) is 6.07 Å². The molecular formula is C20H24N6O4S. The Labute approximate surface area is 180 Å². The Morgan fingerprint density at radius 3 is 2.84 bits per heavy atom. The molecule has 0 aliphatic carbocycles. The van der Waals surface area contributed by atoms with Gasteiger partial charge in [0.15, 0.2) is 0 Å². The molecule has 3 N–H and O–H groups in total. The Morgan fingerprint density at radius 2 is 2.10 bits per heavy atom. The number of benzene rings is 1. The third kappa shape index (κ3) is 4.33. The minimum atomic E-state index is -3.63. The summed E-state index contributed by atoms with van der Waals surface area (Å²) in [6, 6.07) is 6.57. The number of hydrogen-bond acceptors (Lipinski definition) is 8. The van der Waals surface area contributed by atoms with Crippen LogP contribution in [-0.4, -0.2) is 67.6 Å². The van der Waals surface area contributed by atoms with Gasteiger partial charge in [0.2, 0.25) is 16.0 Å². The fraction of sp³-hybridized carbons (Fsp3) is 0.300. The summed E-state index contributed by atoms with van der Waals surface area (Å²) in [5.41, 5.74) is 1.21. The van der Waals surface area contributed by atoms with Gasteiger partial charge in [-0.1, -0.05) is 6.08 Å². The highest BCUT2D eigenvalue weighted by molar-refractivity contribution is 7.89. The van der Waals surface area contributed by atoms with Gasteiger partial charge in [-0.3, -0.25) is 0 Å². The number of morpholine rings is 1. The number of rotatable bonds is 8. The standard InChI is InChI=1S/C20H24N6O4S/c1-3-7-21-18-15-6-8-22-19(15)25-20(24-18)23-16-5-4-14(13-17(16)29-2)31(27,28)26-9-11-30-12-10-26/h3-6,8,13H,1,7,9-12H2,2H3,(H3,21,22,23,24,25). The predicted molar refractivity (Wildman–Crippen MR) is 118 cm³/mol. The number of sulfonamides is 1. The van der Waals surface area contributed by atoms with Crippen molar-refractivity contribution in [3.63, 3.8) is 0 Å². The molecule has 0 unspecified atom stereocenters. The van der Waals surface area contributed by atoms with Crippen molar-refractivity contribution in [2.24, 2.45) is 0 Å². The van der Waals surface area contributed by atoms with E-state index in [4.69, 9.17) is 9.47 Å². The van der Waals surface area contributed by atoms with E-state index >= 15 is 0 Å². The van der Waals surface area contributed by atoms with Crippen LogP contribution in [0.1, 0.15) is 0 Å². The van der Waals surface area contributed by atoms with Crippen molar-refractivity contribution in [1.82, 2.24) is 19.3 Å². The van der Waals surface area contributed by atoms with Crippen molar-refractivity contribution in [1.29, 1.82) is 0 Å². The lowest BCUT2D eigenvalue weighted by Crippen LogP contribution is -2.40. The van der Waals surface area contributed by atoms with E-state index in [1.54, 1.807) is 24.4 Å². The van der Waals surface area contributed by atoms with Crippen molar-refractivity contribution in [3.05, 3.63) is 43.1 Å². The highest BCUT2D eigenvalue weighted by Gasteiger charge is 2.27. The number of anilines is 3. The van der Waals surface area contributed by atoms with E-state index in [-0.39, 0.29) is 4.90 Å². The monoisotopic (exact) mass is 444 g/mol. The summed E-state index contributed by atoms with van der Waals surface area (Å²) in [4.78, 5) is 12.2. The van der Waals surface area contributed by atoms with Gasteiger partial charge in [0.25, 0.3) is 0 Å². The molecule has 164 valence electrons. The van der Waals surface area contributed by atoms with Gasteiger partial charge in [-0.15, -0.1) is 6.58 Å². The van der Waals surface area contributed by atoms with Crippen LogP contribution in [0.25, 0.3) is 11.0 Å². The summed E-state index contributed by atoms with van der Waals surface area (Å²) in [6.07, 6.45) is 3.53. The molecule has 31 heavy (non-hydrogen) atoms. The molecule has 0 spiro atoms. The van der Waals surface area contributed by atoms with Gasteiger partial charge in [0, 0.05) is 31.9 Å². The number of H-pyrrole nitrogens is 1. The van der Waals surface area contributed by atoms with Crippen molar-refractivity contribution >= 4 is 38.5 Å². The second kappa shape index (κ2) is 8.92. The van der Waals surface area contributed by atoms with Gasteiger partial charge in [-0.05, 0) is 18.2 Å². The summed E-state index contributed by atoms with van der Waals surface area (Å²) in [6.45, 7) is 5.69. The molecule has 1 fully saturated rings. The van der Waals surface area contributed by atoms with E-state index in [1.165, 1.54) is 17.5 Å². The van der Waals surface area contributed by atoms with E-state index in [0.717, 1.165) is 5.39 Å². The molecule has 0 amide bonds. The number of aromatic amines is 1. The van der Waals surface area contributed by atoms with E-state index < -0.39 is 10.0 Å². The maximum absolute atomic E-state index is 12.9. The van der Waals surface area contributed by atoms with Crippen molar-refractivity contribution in [2.75, 3.05) is 50.6 Å². The van der Waals surface area contributed by atoms with Crippen LogP contribution < -0.4 is 15.4 Å². The first kappa shape index (κ1) is 21.1. The fourth-order valence-electron chi connectivity index (χ4n) is 3.29. The zero-order valence-corrected chi connectivity index (χ0v) is 17.9. The van der Waals surface area contributed by atoms with Gasteiger partial charge in [-0.25, -0.2) is 8.42 Å². The smallest absolute Gasteiger partial charge is 0.243 e. The highest BCUT2D eigenvalue weighted by Crippen LogP contribution is 2.32. The number of ether oxygens (including phenoxy) is 2. The molecule has 0 saturated carbocycles. The summed E-state index contributed by atoms with van der Waals surface area (Å²) in [5, 5.41) is 7.16. The zero-order valence-electron chi connectivity index (χ0n) is 17.1. The molecule has 0 bridgehead atoms. The maximum atomic E-state index is 12.9. The molecule has 11 heteroatoms. The molecule has 2 aromatic heterocycles. The SMILES string of the molecule is C=CCNc1nc(Nc2ccc(S(=O)(=O)N3CCOCC3)cc2OC)nc2[nH]ccc12. The molecule has 1 saturated heterocycles. The van der Waals surface area contributed by atoms with Crippen LogP contribution in [0.5, 0.6) is 5.75 Å². The molecule has 4 rings (SSSR count). The Morgan fingerprint density at radius 1 is 1.29 bits per heavy atom. The molecule has 1 aliphatic rings. The molecule has 1 aromatic carbocycles. The fourth-order valence-corrected chi connectivity index (χ4v) is 4.72. The molecular weight excluding hydrogens is 420 g/mol. The Balaban J connectivity index is 1.64. The highest BCUT2D eigenvalue weighted by atomic mass is 32.2. The number of nitrogens with one attached hydrogen (secondary N) is 3. The Bertz CT molecular complexity index is 1190. The molecule has 3 heterocycles. The Hall–Kier alpha value is -3.15. The van der Waals surface area contributed by atoms with Gasteiger partial charge >= 0.3 is 0 Å². The maximum Gasteiger partial charge on any atom is 0.243 e. The average molecular weight is 445 g/mol. The second-order valence-corrected chi connectivity index (χ2v) is 8.75. The van der Waals surface area contributed by atoms with Crippen molar-refractivity contribution in [2.45, 2.75) is 4.90 Å². The first-order chi connectivity index (χ1) is 15.0. The van der Waals surface area contributed by atoms with Crippen LogP contribution in [0, 0.1) is 0 Å². The molecule has 0 radical (unpaired) electrons. The van der Waals surface area contributed by atoms with Crippen molar-refractivity contribution in [3.8, 4) is 5.75 Å². The topological polar surface area (TPSA) is 121 Å². The van der Waals surface area contributed by atoms with Gasteiger partial charge in [0.05, 0.1) is 36.3 Å². The Kier molecular flexibility index (Phi) is 6.07. The van der Waals surface area contributed by atoms with Crippen LogP contribution in [0.3, 0.4) is 0 Å². The number of aromatic nitrogens is 3. The second-order valence-electron chi connectivity index (χ2n) is 6.81. The van der Waals surface area contributed by atoms with E-state index in [2.05, 4.69) is 32.2 Å². The summed E-state index contributed by atoms with van der Waals surface area (Å²) in [7, 11) is -2.15. The lowest BCUT2D eigenvalue weighted by atomic mass is 10.3. The third-order valence-corrected chi connectivity index (χ3v) is 6.75. The molecule has 10 nitrogen and oxygen atoms in total. The van der Waals surface area contributed by atoms with Crippen molar-refractivity contribution < 1.29 is 17.9 Å². The van der Waals surface area contributed by atoms with Crippen LogP contribution in [0.15, 0.2) is 48.0 Å². The van der Waals surface area contributed by atoms with E-state index in [0.29, 0.717) is 61.7 Å². The normalized spacial score (nSPS) is 15.0. The van der Waals surface area contributed by atoms with Crippen LogP contribution in [-0.2, 0) is 14.8 Å². The zero-order chi connectivity index (χ0) is 21.8.